The van der Waals surface area contributed by atoms with Gasteiger partial charge in [0.2, 0.25) is 0 Å². The molecule has 0 aliphatic heterocycles. The molecule has 0 aliphatic rings. The predicted octanol–water partition coefficient (Wildman–Crippen LogP) is 1.61. The van der Waals surface area contributed by atoms with Crippen LogP contribution in [0.25, 0.3) is 0 Å². The molecule has 0 spiro atoms. The molecule has 0 saturated carbocycles. The fourth-order valence-corrected chi connectivity index (χ4v) is 2.39. The molecule has 19 heavy (non-hydrogen) atoms. The molecular formula is C14H23N5. The first-order valence-electron chi connectivity index (χ1n) is 6.82. The molecular weight excluding hydrogens is 238 g/mol. The van der Waals surface area contributed by atoms with Crippen molar-refractivity contribution in [2.24, 2.45) is 14.1 Å². The van der Waals surface area contributed by atoms with Gasteiger partial charge in [-0.25, -0.2) is 4.98 Å². The van der Waals surface area contributed by atoms with E-state index in [1.807, 2.05) is 38.2 Å². The van der Waals surface area contributed by atoms with Gasteiger partial charge in [0.05, 0.1) is 11.4 Å². The zero-order valence-corrected chi connectivity index (χ0v) is 12.2. The molecule has 1 atom stereocenters. The number of nitrogens with zero attached hydrogens (tertiary/aromatic N) is 4. The maximum atomic E-state index is 4.52. The van der Waals surface area contributed by atoms with Crippen molar-refractivity contribution in [2.75, 3.05) is 7.05 Å². The quantitative estimate of drug-likeness (QED) is 0.859. The monoisotopic (exact) mass is 261 g/mol. The van der Waals surface area contributed by atoms with Crippen molar-refractivity contribution >= 4 is 0 Å². The van der Waals surface area contributed by atoms with Crippen LogP contribution >= 0.6 is 0 Å². The van der Waals surface area contributed by atoms with Gasteiger partial charge >= 0.3 is 0 Å². The molecule has 0 aromatic carbocycles. The smallest absolute Gasteiger partial charge is 0.108 e. The van der Waals surface area contributed by atoms with Crippen LogP contribution in [-0.2, 0) is 26.9 Å². The Kier molecular flexibility index (Phi) is 4.37. The van der Waals surface area contributed by atoms with Gasteiger partial charge in [0.25, 0.3) is 0 Å². The van der Waals surface area contributed by atoms with Crippen molar-refractivity contribution in [2.45, 2.75) is 32.2 Å². The minimum Gasteiger partial charge on any atom is -0.338 e. The summed E-state index contributed by atoms with van der Waals surface area (Å²) in [6.07, 6.45) is 6.79. The van der Waals surface area contributed by atoms with Crippen molar-refractivity contribution in [3.8, 4) is 0 Å². The molecule has 1 N–H and O–H groups in total. The molecule has 0 amide bonds. The third kappa shape index (κ3) is 3.04. The van der Waals surface area contributed by atoms with Gasteiger partial charge in [0, 0.05) is 39.0 Å². The molecule has 2 rings (SSSR count). The Morgan fingerprint density at radius 3 is 2.68 bits per heavy atom. The Morgan fingerprint density at radius 1 is 1.37 bits per heavy atom. The van der Waals surface area contributed by atoms with E-state index in [9.17, 15) is 0 Å². The SMILES string of the molecule is CCc1cc(C(CCc2nccn2C)NC)n(C)n1. The van der Waals surface area contributed by atoms with E-state index in [4.69, 9.17) is 0 Å². The van der Waals surface area contributed by atoms with Crippen LogP contribution < -0.4 is 5.32 Å². The molecule has 0 bridgehead atoms. The largest absolute Gasteiger partial charge is 0.338 e. The Labute approximate surface area is 114 Å². The van der Waals surface area contributed by atoms with Crippen molar-refractivity contribution in [3.05, 3.63) is 35.7 Å². The number of hydrogen-bond donors (Lipinski definition) is 1. The fraction of sp³-hybridized carbons (Fsp3) is 0.571. The summed E-state index contributed by atoms with van der Waals surface area (Å²) in [5, 5.41) is 7.90. The van der Waals surface area contributed by atoms with Gasteiger partial charge in [0.1, 0.15) is 5.82 Å². The Hall–Kier alpha value is -1.62. The normalized spacial score (nSPS) is 12.8. The van der Waals surface area contributed by atoms with Crippen LogP contribution in [0.2, 0.25) is 0 Å². The van der Waals surface area contributed by atoms with E-state index < -0.39 is 0 Å². The zero-order chi connectivity index (χ0) is 13.8. The fourth-order valence-electron chi connectivity index (χ4n) is 2.39. The van der Waals surface area contributed by atoms with Gasteiger partial charge < -0.3 is 9.88 Å². The molecule has 2 heterocycles. The lowest BCUT2D eigenvalue weighted by atomic mass is 10.1. The van der Waals surface area contributed by atoms with Crippen LogP contribution in [0.5, 0.6) is 0 Å². The first kappa shape index (κ1) is 13.8. The Balaban J connectivity index is 2.07. The second-order valence-electron chi connectivity index (χ2n) is 4.87. The van der Waals surface area contributed by atoms with Crippen LogP contribution in [0.1, 0.15) is 36.6 Å². The second-order valence-corrected chi connectivity index (χ2v) is 4.87. The molecule has 2 aromatic rings. The number of aromatic nitrogens is 4. The van der Waals surface area contributed by atoms with Crippen LogP contribution in [0.15, 0.2) is 18.5 Å². The maximum absolute atomic E-state index is 4.52. The van der Waals surface area contributed by atoms with E-state index in [1.54, 1.807) is 0 Å². The second kappa shape index (κ2) is 6.02. The highest BCUT2D eigenvalue weighted by Crippen LogP contribution is 2.19. The van der Waals surface area contributed by atoms with Crippen molar-refractivity contribution in [1.29, 1.82) is 0 Å². The lowest BCUT2D eigenvalue weighted by Crippen LogP contribution is -2.20. The summed E-state index contributed by atoms with van der Waals surface area (Å²) in [6.45, 7) is 2.13. The van der Waals surface area contributed by atoms with Crippen molar-refractivity contribution in [1.82, 2.24) is 24.6 Å². The highest BCUT2D eigenvalue weighted by molar-refractivity contribution is 5.14. The minimum absolute atomic E-state index is 0.314. The van der Waals surface area contributed by atoms with Crippen molar-refractivity contribution < 1.29 is 0 Å². The van der Waals surface area contributed by atoms with Crippen LogP contribution in [0.4, 0.5) is 0 Å². The van der Waals surface area contributed by atoms with Gasteiger partial charge in [-0.15, -0.1) is 0 Å². The van der Waals surface area contributed by atoms with E-state index in [1.165, 1.54) is 5.69 Å². The molecule has 0 radical (unpaired) electrons. The average Bonchev–Trinajstić information content (AvgIpc) is 2.97. The number of nitrogens with one attached hydrogen (secondary N) is 1. The zero-order valence-electron chi connectivity index (χ0n) is 12.2. The minimum atomic E-state index is 0.314. The first-order chi connectivity index (χ1) is 9.15. The Bertz CT molecular complexity index is 526. The number of imidazole rings is 1. The summed E-state index contributed by atoms with van der Waals surface area (Å²) in [5.74, 6) is 1.12. The molecule has 2 aromatic heterocycles. The summed E-state index contributed by atoms with van der Waals surface area (Å²) >= 11 is 0. The number of rotatable bonds is 6. The molecule has 104 valence electrons. The number of hydrogen-bond acceptors (Lipinski definition) is 3. The lowest BCUT2D eigenvalue weighted by Gasteiger charge is -2.16. The van der Waals surface area contributed by atoms with Crippen LogP contribution in [0.3, 0.4) is 0 Å². The number of aryl methyl sites for hydroxylation is 4. The first-order valence-corrected chi connectivity index (χ1v) is 6.82. The summed E-state index contributed by atoms with van der Waals surface area (Å²) in [4.78, 5) is 4.37. The van der Waals surface area contributed by atoms with E-state index >= 15 is 0 Å². The molecule has 0 fully saturated rings. The van der Waals surface area contributed by atoms with E-state index in [0.717, 1.165) is 30.8 Å². The highest BCUT2D eigenvalue weighted by atomic mass is 15.3. The van der Waals surface area contributed by atoms with Gasteiger partial charge in [0.15, 0.2) is 0 Å². The summed E-state index contributed by atoms with van der Waals surface area (Å²) in [7, 11) is 6.05. The molecule has 0 saturated heterocycles. The van der Waals surface area contributed by atoms with Crippen LogP contribution in [-0.4, -0.2) is 26.4 Å². The molecule has 5 heteroatoms. The standard InChI is InChI=1S/C14H23N5/c1-5-11-10-13(19(4)17-11)12(15-2)6-7-14-16-8-9-18(14)3/h8-10,12,15H,5-7H2,1-4H3. The van der Waals surface area contributed by atoms with E-state index in [0.29, 0.717) is 6.04 Å². The highest BCUT2D eigenvalue weighted by Gasteiger charge is 2.15. The average molecular weight is 261 g/mol. The van der Waals surface area contributed by atoms with Gasteiger partial charge in [-0.1, -0.05) is 6.92 Å². The Morgan fingerprint density at radius 2 is 2.16 bits per heavy atom. The lowest BCUT2D eigenvalue weighted by molar-refractivity contribution is 0.497. The molecule has 1 unspecified atom stereocenters. The summed E-state index contributed by atoms with van der Waals surface area (Å²) in [6, 6.07) is 2.51. The van der Waals surface area contributed by atoms with E-state index in [-0.39, 0.29) is 0 Å². The van der Waals surface area contributed by atoms with Gasteiger partial charge in [-0.05, 0) is 26.0 Å². The van der Waals surface area contributed by atoms with Crippen LogP contribution in [0, 0.1) is 0 Å². The summed E-state index contributed by atoms with van der Waals surface area (Å²) < 4.78 is 4.06. The molecule has 0 aliphatic carbocycles. The van der Waals surface area contributed by atoms with Gasteiger partial charge in [-0.2, -0.15) is 5.10 Å². The third-order valence-electron chi connectivity index (χ3n) is 3.61. The topological polar surface area (TPSA) is 47.7 Å². The molecule has 5 nitrogen and oxygen atoms in total. The van der Waals surface area contributed by atoms with Gasteiger partial charge in [-0.3, -0.25) is 4.68 Å². The third-order valence-corrected chi connectivity index (χ3v) is 3.61. The van der Waals surface area contributed by atoms with E-state index in [2.05, 4.69) is 33.0 Å². The predicted molar refractivity (Wildman–Crippen MR) is 75.9 cm³/mol. The maximum Gasteiger partial charge on any atom is 0.108 e. The van der Waals surface area contributed by atoms with Crippen molar-refractivity contribution in [3.63, 3.8) is 0 Å². The summed E-state index contributed by atoms with van der Waals surface area (Å²) in [5.41, 5.74) is 2.39.